The monoisotopic (exact) mass is 367 g/mol. The largest absolute Gasteiger partial charge is 0.322 e. The predicted molar refractivity (Wildman–Crippen MR) is 103 cm³/mol. The lowest BCUT2D eigenvalue weighted by atomic mass is 10.2. The molecule has 3 aromatic carbocycles. The van der Waals surface area contributed by atoms with Gasteiger partial charge >= 0.3 is 0 Å². The van der Waals surface area contributed by atoms with Crippen molar-refractivity contribution in [2.24, 2.45) is 5.10 Å². The molecule has 0 spiro atoms. The van der Waals surface area contributed by atoms with E-state index in [0.717, 1.165) is 5.56 Å². The van der Waals surface area contributed by atoms with Crippen LogP contribution in [0.1, 0.15) is 15.9 Å². The molecule has 1 amide bonds. The van der Waals surface area contributed by atoms with Gasteiger partial charge in [0.15, 0.2) is 0 Å². The molecule has 0 radical (unpaired) electrons. The van der Waals surface area contributed by atoms with Gasteiger partial charge in [0.05, 0.1) is 22.5 Å². The molecule has 0 saturated carbocycles. The van der Waals surface area contributed by atoms with Crippen LogP contribution in [0.5, 0.6) is 0 Å². The fourth-order valence-electron chi connectivity index (χ4n) is 2.25. The molecule has 3 aromatic rings. The molecular formula is C20H15ClFN3O. The first-order valence-electron chi connectivity index (χ1n) is 7.82. The van der Waals surface area contributed by atoms with Crippen LogP contribution < -0.4 is 10.7 Å². The molecule has 0 saturated heterocycles. The molecule has 2 N–H and O–H groups in total. The molecule has 0 fully saturated rings. The number of hydrazone groups is 1. The van der Waals surface area contributed by atoms with Crippen molar-refractivity contribution >= 4 is 35.1 Å². The number of nitrogens with zero attached hydrogens (tertiary/aromatic N) is 1. The van der Waals surface area contributed by atoms with Crippen LogP contribution >= 0.6 is 11.6 Å². The Hall–Kier alpha value is -3.18. The molecule has 3 rings (SSSR count). The highest BCUT2D eigenvalue weighted by Gasteiger charge is 2.09. The maximum atomic E-state index is 12.9. The van der Waals surface area contributed by atoms with E-state index in [0.29, 0.717) is 22.0 Å². The van der Waals surface area contributed by atoms with Crippen LogP contribution in [0.2, 0.25) is 5.02 Å². The fraction of sp³-hybridized carbons (Fsp3) is 0. The van der Waals surface area contributed by atoms with E-state index in [1.54, 1.807) is 54.7 Å². The van der Waals surface area contributed by atoms with Crippen LogP contribution in [0.3, 0.4) is 0 Å². The number of halogens is 2. The van der Waals surface area contributed by atoms with Crippen LogP contribution in [-0.2, 0) is 0 Å². The smallest absolute Gasteiger partial charge is 0.257 e. The molecule has 0 aliphatic heterocycles. The fourth-order valence-corrected chi connectivity index (χ4v) is 2.47. The molecule has 26 heavy (non-hydrogen) atoms. The van der Waals surface area contributed by atoms with Gasteiger partial charge in [0.2, 0.25) is 0 Å². The SMILES string of the molecule is O=C(Nc1cccc(/C=N\Nc2ccc(F)cc2)c1)c1ccccc1Cl. The van der Waals surface area contributed by atoms with Crippen LogP contribution in [0.25, 0.3) is 0 Å². The van der Waals surface area contributed by atoms with Crippen molar-refractivity contribution in [3.63, 3.8) is 0 Å². The van der Waals surface area contributed by atoms with E-state index in [1.165, 1.54) is 12.1 Å². The van der Waals surface area contributed by atoms with Gasteiger partial charge in [0.25, 0.3) is 5.91 Å². The summed E-state index contributed by atoms with van der Waals surface area (Å²) in [6.45, 7) is 0. The third-order valence-electron chi connectivity index (χ3n) is 3.51. The molecule has 0 unspecified atom stereocenters. The Morgan fingerprint density at radius 2 is 1.73 bits per heavy atom. The summed E-state index contributed by atoms with van der Waals surface area (Å²) in [5, 5.41) is 7.30. The number of carbonyl (C=O) groups excluding carboxylic acids is 1. The molecule has 0 aliphatic carbocycles. The molecule has 0 bridgehead atoms. The number of amides is 1. The minimum Gasteiger partial charge on any atom is -0.322 e. The van der Waals surface area contributed by atoms with E-state index in [2.05, 4.69) is 15.8 Å². The van der Waals surface area contributed by atoms with Gasteiger partial charge in [-0.15, -0.1) is 0 Å². The Morgan fingerprint density at radius 3 is 2.50 bits per heavy atom. The van der Waals surface area contributed by atoms with Crippen molar-refractivity contribution in [2.75, 3.05) is 10.7 Å². The molecule has 0 atom stereocenters. The molecule has 130 valence electrons. The van der Waals surface area contributed by atoms with E-state index in [9.17, 15) is 9.18 Å². The van der Waals surface area contributed by atoms with Gasteiger partial charge in [0, 0.05) is 5.69 Å². The van der Waals surface area contributed by atoms with Crippen molar-refractivity contribution in [1.82, 2.24) is 0 Å². The van der Waals surface area contributed by atoms with Crippen molar-refractivity contribution < 1.29 is 9.18 Å². The zero-order chi connectivity index (χ0) is 18.4. The first-order valence-corrected chi connectivity index (χ1v) is 8.20. The van der Waals surface area contributed by atoms with Crippen molar-refractivity contribution in [3.05, 3.63) is 94.8 Å². The Bertz CT molecular complexity index is 942. The van der Waals surface area contributed by atoms with Crippen molar-refractivity contribution in [2.45, 2.75) is 0 Å². The van der Waals surface area contributed by atoms with Crippen LogP contribution in [0, 0.1) is 5.82 Å². The second-order valence-electron chi connectivity index (χ2n) is 5.44. The topological polar surface area (TPSA) is 53.5 Å². The van der Waals surface area contributed by atoms with Crippen molar-refractivity contribution in [3.8, 4) is 0 Å². The number of carbonyl (C=O) groups is 1. The lowest BCUT2D eigenvalue weighted by molar-refractivity contribution is 0.102. The molecule has 0 heterocycles. The Labute approximate surface area is 155 Å². The number of hydrogen-bond acceptors (Lipinski definition) is 3. The maximum Gasteiger partial charge on any atom is 0.257 e. The normalized spacial score (nSPS) is 10.7. The average molecular weight is 368 g/mol. The summed E-state index contributed by atoms with van der Waals surface area (Å²) in [4.78, 5) is 12.3. The van der Waals surface area contributed by atoms with Crippen LogP contribution in [0.4, 0.5) is 15.8 Å². The van der Waals surface area contributed by atoms with Gasteiger partial charge in [-0.2, -0.15) is 5.10 Å². The highest BCUT2D eigenvalue weighted by molar-refractivity contribution is 6.34. The summed E-state index contributed by atoms with van der Waals surface area (Å²) in [6, 6.07) is 19.9. The van der Waals surface area contributed by atoms with Gasteiger partial charge in [0.1, 0.15) is 5.82 Å². The van der Waals surface area contributed by atoms with Gasteiger partial charge in [-0.25, -0.2) is 4.39 Å². The molecule has 6 heteroatoms. The average Bonchev–Trinajstić information content (AvgIpc) is 2.64. The van der Waals surface area contributed by atoms with Crippen molar-refractivity contribution in [1.29, 1.82) is 0 Å². The summed E-state index contributed by atoms with van der Waals surface area (Å²) in [6.07, 6.45) is 1.61. The maximum absolute atomic E-state index is 12.9. The number of benzene rings is 3. The quantitative estimate of drug-likeness (QED) is 0.482. The molecule has 4 nitrogen and oxygen atoms in total. The zero-order valence-electron chi connectivity index (χ0n) is 13.6. The van der Waals surface area contributed by atoms with Gasteiger partial charge < -0.3 is 5.32 Å². The third kappa shape index (κ3) is 4.68. The Kier molecular flexibility index (Phi) is 5.61. The lowest BCUT2D eigenvalue weighted by Gasteiger charge is -2.07. The second-order valence-corrected chi connectivity index (χ2v) is 5.84. The summed E-state index contributed by atoms with van der Waals surface area (Å²) in [5.41, 5.74) is 5.31. The lowest BCUT2D eigenvalue weighted by Crippen LogP contribution is -2.12. The van der Waals surface area contributed by atoms with Crippen LogP contribution in [-0.4, -0.2) is 12.1 Å². The zero-order valence-corrected chi connectivity index (χ0v) is 14.4. The van der Waals surface area contributed by atoms with Gasteiger partial charge in [-0.3, -0.25) is 10.2 Å². The summed E-state index contributed by atoms with van der Waals surface area (Å²) >= 11 is 6.04. The summed E-state index contributed by atoms with van der Waals surface area (Å²) in [7, 11) is 0. The Balaban J connectivity index is 1.66. The number of rotatable bonds is 5. The van der Waals surface area contributed by atoms with E-state index in [1.807, 2.05) is 12.1 Å². The van der Waals surface area contributed by atoms with E-state index < -0.39 is 0 Å². The predicted octanol–water partition coefficient (Wildman–Crippen LogP) is 5.18. The van der Waals surface area contributed by atoms with Gasteiger partial charge in [-0.05, 0) is 54.1 Å². The molecular weight excluding hydrogens is 353 g/mol. The first kappa shape index (κ1) is 17.6. The van der Waals surface area contributed by atoms with Crippen LogP contribution in [0.15, 0.2) is 77.9 Å². The molecule has 0 aliphatic rings. The van der Waals surface area contributed by atoms with E-state index >= 15 is 0 Å². The summed E-state index contributed by atoms with van der Waals surface area (Å²) in [5.74, 6) is -0.587. The molecule has 0 aromatic heterocycles. The number of anilines is 2. The Morgan fingerprint density at radius 1 is 0.962 bits per heavy atom. The first-order chi connectivity index (χ1) is 12.6. The van der Waals surface area contributed by atoms with Gasteiger partial charge in [-0.1, -0.05) is 35.9 Å². The second kappa shape index (κ2) is 8.27. The third-order valence-corrected chi connectivity index (χ3v) is 3.84. The number of hydrogen-bond donors (Lipinski definition) is 2. The minimum atomic E-state index is -0.304. The van der Waals surface area contributed by atoms with E-state index in [-0.39, 0.29) is 11.7 Å². The highest BCUT2D eigenvalue weighted by Crippen LogP contribution is 2.17. The van der Waals surface area contributed by atoms with E-state index in [4.69, 9.17) is 11.6 Å². The standard InChI is InChI=1S/C20H15ClFN3O/c21-19-7-2-1-6-18(19)20(26)24-17-5-3-4-14(12-17)13-23-25-16-10-8-15(22)9-11-16/h1-13,25H,(H,24,26)/b23-13-. The number of nitrogens with one attached hydrogen (secondary N) is 2. The highest BCUT2D eigenvalue weighted by atomic mass is 35.5. The summed E-state index contributed by atoms with van der Waals surface area (Å²) < 4.78 is 12.9. The minimum absolute atomic E-state index is 0.283.